The van der Waals surface area contributed by atoms with Gasteiger partial charge in [0.25, 0.3) is 0 Å². The second-order valence-electron chi connectivity index (χ2n) is 3.61. The van der Waals surface area contributed by atoms with Gasteiger partial charge >= 0.3 is 0 Å². The third-order valence-corrected chi connectivity index (χ3v) is 4.48. The molecule has 0 aromatic carbocycles. The average Bonchev–Trinajstić information content (AvgIpc) is 2.55. The average molecular weight is 187 g/mol. The van der Waals surface area contributed by atoms with E-state index >= 15 is 0 Å². The van der Waals surface area contributed by atoms with Gasteiger partial charge in [0.05, 0.1) is 11.5 Å². The first-order valence-electron chi connectivity index (χ1n) is 4.84. The molecule has 12 heavy (non-hydrogen) atoms. The molecule has 2 fully saturated rings. The maximum atomic E-state index is 5.56. The third-order valence-electron chi connectivity index (χ3n) is 2.97. The van der Waals surface area contributed by atoms with Crippen molar-refractivity contribution in [3.63, 3.8) is 0 Å². The second kappa shape index (κ2) is 3.56. The summed E-state index contributed by atoms with van der Waals surface area (Å²) in [7, 11) is 0. The molecule has 1 spiro atoms. The highest BCUT2D eigenvalue weighted by atomic mass is 32.2. The van der Waals surface area contributed by atoms with E-state index in [1.807, 2.05) is 0 Å². The van der Waals surface area contributed by atoms with Crippen LogP contribution in [0.15, 0.2) is 0 Å². The highest BCUT2D eigenvalue weighted by molar-refractivity contribution is 8.00. The number of hydrogen-bond acceptors (Lipinski definition) is 3. The highest BCUT2D eigenvalue weighted by Gasteiger charge is 2.43. The van der Waals surface area contributed by atoms with Crippen molar-refractivity contribution in [1.82, 2.24) is 5.32 Å². The first kappa shape index (κ1) is 8.85. The molecule has 2 unspecified atom stereocenters. The van der Waals surface area contributed by atoms with Gasteiger partial charge in [-0.05, 0) is 12.3 Å². The molecular formula is C9H17NOS. The SMILES string of the molecule is CCC1CCOCC12NCCS2. The van der Waals surface area contributed by atoms with Gasteiger partial charge in [0, 0.05) is 18.9 Å². The quantitative estimate of drug-likeness (QED) is 0.671. The molecule has 3 heteroatoms. The lowest BCUT2D eigenvalue weighted by atomic mass is 9.91. The van der Waals surface area contributed by atoms with Gasteiger partial charge in [0.1, 0.15) is 0 Å². The Bertz CT molecular complexity index is 157. The summed E-state index contributed by atoms with van der Waals surface area (Å²) in [5.74, 6) is 2.07. The summed E-state index contributed by atoms with van der Waals surface area (Å²) in [6.07, 6.45) is 2.51. The van der Waals surface area contributed by atoms with Gasteiger partial charge in [0.15, 0.2) is 0 Å². The van der Waals surface area contributed by atoms with E-state index in [4.69, 9.17) is 4.74 Å². The molecule has 2 rings (SSSR count). The van der Waals surface area contributed by atoms with Gasteiger partial charge in [0.2, 0.25) is 0 Å². The van der Waals surface area contributed by atoms with E-state index in [9.17, 15) is 0 Å². The Morgan fingerprint density at radius 3 is 3.25 bits per heavy atom. The van der Waals surface area contributed by atoms with E-state index < -0.39 is 0 Å². The van der Waals surface area contributed by atoms with Crippen molar-refractivity contribution in [1.29, 1.82) is 0 Å². The Balaban J connectivity index is 2.07. The molecule has 0 aliphatic carbocycles. The van der Waals surface area contributed by atoms with E-state index in [-0.39, 0.29) is 4.87 Å². The fourth-order valence-corrected chi connectivity index (χ4v) is 3.70. The molecular weight excluding hydrogens is 170 g/mol. The number of hydrogen-bond donors (Lipinski definition) is 1. The minimum Gasteiger partial charge on any atom is -0.379 e. The van der Waals surface area contributed by atoms with Crippen LogP contribution in [-0.2, 0) is 4.74 Å². The lowest BCUT2D eigenvalue weighted by Crippen LogP contribution is -2.51. The fourth-order valence-electron chi connectivity index (χ4n) is 2.24. The van der Waals surface area contributed by atoms with Crippen molar-refractivity contribution in [3.8, 4) is 0 Å². The molecule has 70 valence electrons. The molecule has 0 saturated carbocycles. The van der Waals surface area contributed by atoms with Gasteiger partial charge < -0.3 is 4.74 Å². The van der Waals surface area contributed by atoms with Gasteiger partial charge in [-0.1, -0.05) is 13.3 Å². The van der Waals surface area contributed by atoms with Crippen molar-refractivity contribution in [2.45, 2.75) is 24.6 Å². The topological polar surface area (TPSA) is 21.3 Å². The monoisotopic (exact) mass is 187 g/mol. The molecule has 0 amide bonds. The zero-order valence-corrected chi connectivity index (χ0v) is 8.45. The van der Waals surface area contributed by atoms with Crippen molar-refractivity contribution in [3.05, 3.63) is 0 Å². The second-order valence-corrected chi connectivity index (χ2v) is 5.04. The van der Waals surface area contributed by atoms with Crippen LogP contribution in [0.1, 0.15) is 19.8 Å². The molecule has 1 N–H and O–H groups in total. The molecule has 2 aliphatic heterocycles. The normalized spacial score (nSPS) is 42.2. The molecule has 2 nitrogen and oxygen atoms in total. The number of rotatable bonds is 1. The van der Waals surface area contributed by atoms with Crippen LogP contribution in [0.4, 0.5) is 0 Å². The Morgan fingerprint density at radius 2 is 2.58 bits per heavy atom. The smallest absolute Gasteiger partial charge is 0.0911 e. The van der Waals surface area contributed by atoms with Crippen LogP contribution in [0, 0.1) is 5.92 Å². The summed E-state index contributed by atoms with van der Waals surface area (Å²) >= 11 is 2.06. The lowest BCUT2D eigenvalue weighted by Gasteiger charge is -2.40. The van der Waals surface area contributed by atoms with E-state index in [0.29, 0.717) is 0 Å². The molecule has 0 bridgehead atoms. The van der Waals surface area contributed by atoms with Crippen LogP contribution in [0.5, 0.6) is 0 Å². The highest BCUT2D eigenvalue weighted by Crippen LogP contribution is 2.40. The molecule has 2 atom stereocenters. The Hall–Kier alpha value is 0.270. The maximum absolute atomic E-state index is 5.56. The summed E-state index contributed by atoms with van der Waals surface area (Å²) in [5.41, 5.74) is 0. The van der Waals surface area contributed by atoms with Crippen molar-refractivity contribution in [2.75, 3.05) is 25.5 Å². The minimum atomic E-state index is 0.285. The van der Waals surface area contributed by atoms with Crippen molar-refractivity contribution < 1.29 is 4.74 Å². The Morgan fingerprint density at radius 1 is 1.67 bits per heavy atom. The fraction of sp³-hybridized carbons (Fsp3) is 1.00. The van der Waals surface area contributed by atoms with E-state index in [1.165, 1.54) is 18.6 Å². The van der Waals surface area contributed by atoms with Crippen molar-refractivity contribution in [2.24, 2.45) is 5.92 Å². The van der Waals surface area contributed by atoms with Crippen LogP contribution in [0.2, 0.25) is 0 Å². The van der Waals surface area contributed by atoms with Gasteiger partial charge in [-0.15, -0.1) is 11.8 Å². The summed E-state index contributed by atoms with van der Waals surface area (Å²) in [5, 5.41) is 3.61. The van der Waals surface area contributed by atoms with E-state index in [1.54, 1.807) is 0 Å². The maximum Gasteiger partial charge on any atom is 0.0911 e. The van der Waals surface area contributed by atoms with Crippen molar-refractivity contribution >= 4 is 11.8 Å². The number of thioether (sulfide) groups is 1. The van der Waals surface area contributed by atoms with Crippen LogP contribution < -0.4 is 5.32 Å². The zero-order chi connectivity index (χ0) is 8.44. The van der Waals surface area contributed by atoms with E-state index in [2.05, 4.69) is 24.0 Å². The lowest BCUT2D eigenvalue weighted by molar-refractivity contribution is 0.0239. The molecule has 0 aromatic heterocycles. The standard InChI is InChI=1S/C9H17NOS/c1-2-8-3-5-11-7-9(8)10-4-6-12-9/h8,10H,2-7H2,1H3. The van der Waals surface area contributed by atoms with E-state index in [0.717, 1.165) is 25.7 Å². The van der Waals surface area contributed by atoms with Gasteiger partial charge in [-0.3, -0.25) is 5.32 Å². The first-order chi connectivity index (χ1) is 5.87. The Kier molecular flexibility index (Phi) is 2.63. The van der Waals surface area contributed by atoms with Crippen LogP contribution >= 0.6 is 11.8 Å². The summed E-state index contributed by atoms with van der Waals surface area (Å²) in [4.78, 5) is 0.285. The Labute approximate surface area is 78.4 Å². The van der Waals surface area contributed by atoms with Crippen LogP contribution in [0.25, 0.3) is 0 Å². The number of nitrogens with one attached hydrogen (secondary N) is 1. The molecule has 2 saturated heterocycles. The predicted molar refractivity (Wildman–Crippen MR) is 52.4 cm³/mol. The first-order valence-corrected chi connectivity index (χ1v) is 5.83. The van der Waals surface area contributed by atoms with Gasteiger partial charge in [-0.25, -0.2) is 0 Å². The summed E-state index contributed by atoms with van der Waals surface area (Å²) in [6.45, 7) is 5.32. The predicted octanol–water partition coefficient (Wildman–Crippen LogP) is 1.47. The molecule has 2 aliphatic rings. The third kappa shape index (κ3) is 1.38. The summed E-state index contributed by atoms with van der Waals surface area (Å²) < 4.78 is 5.56. The summed E-state index contributed by atoms with van der Waals surface area (Å²) in [6, 6.07) is 0. The zero-order valence-electron chi connectivity index (χ0n) is 7.64. The molecule has 0 radical (unpaired) electrons. The van der Waals surface area contributed by atoms with Crippen LogP contribution in [-0.4, -0.2) is 30.4 Å². The number of ether oxygens (including phenoxy) is 1. The molecule has 0 aromatic rings. The minimum absolute atomic E-state index is 0.285. The molecule has 2 heterocycles. The van der Waals surface area contributed by atoms with Crippen LogP contribution in [0.3, 0.4) is 0 Å². The largest absolute Gasteiger partial charge is 0.379 e. The van der Waals surface area contributed by atoms with Gasteiger partial charge in [-0.2, -0.15) is 0 Å².